The quantitative estimate of drug-likeness (QED) is 0.773. The summed E-state index contributed by atoms with van der Waals surface area (Å²) >= 11 is 0. The first-order valence-corrected chi connectivity index (χ1v) is 10.1. The highest BCUT2D eigenvalue weighted by atomic mass is 32.2. The van der Waals surface area contributed by atoms with Crippen LogP contribution in [0.4, 0.5) is 14.5 Å². The highest BCUT2D eigenvalue weighted by molar-refractivity contribution is 7.92. The molecule has 1 amide bonds. The normalized spacial score (nSPS) is 14.0. The number of allylic oxidation sites excluding steroid dienone is 1. The largest absolute Gasteiger partial charge is 0.341 e. The van der Waals surface area contributed by atoms with Crippen LogP contribution < -0.4 is 4.72 Å². The first-order valence-electron chi connectivity index (χ1n) is 8.62. The predicted molar refractivity (Wildman–Crippen MR) is 103 cm³/mol. The van der Waals surface area contributed by atoms with E-state index in [2.05, 4.69) is 11.3 Å². The summed E-state index contributed by atoms with van der Waals surface area (Å²) in [4.78, 5) is 13.7. The maximum atomic E-state index is 14.4. The van der Waals surface area contributed by atoms with Crippen molar-refractivity contribution in [2.24, 2.45) is 0 Å². The summed E-state index contributed by atoms with van der Waals surface area (Å²) in [5, 5.41) is 0. The standard InChI is InChI=1S/C20H20F2N2O3S/c1-12(2)9-13-10-17(22)18(11-16(13)21)23-28(26,27)19-6-4-5-15-14(19)7-8-24(3)20(15)25/h4-6,10-11,23H,1,7-9H2,2-3H3. The molecule has 0 aromatic heterocycles. The van der Waals surface area contributed by atoms with Crippen LogP contribution in [-0.2, 0) is 22.9 Å². The van der Waals surface area contributed by atoms with Gasteiger partial charge in [0.1, 0.15) is 11.6 Å². The van der Waals surface area contributed by atoms with Crippen molar-refractivity contribution < 1.29 is 22.0 Å². The lowest BCUT2D eigenvalue weighted by atomic mass is 9.99. The van der Waals surface area contributed by atoms with Gasteiger partial charge in [-0.1, -0.05) is 18.2 Å². The number of sulfonamides is 1. The van der Waals surface area contributed by atoms with Gasteiger partial charge in [-0.15, -0.1) is 0 Å². The second-order valence-corrected chi connectivity index (χ2v) is 8.57. The summed E-state index contributed by atoms with van der Waals surface area (Å²) in [6, 6.07) is 6.14. The topological polar surface area (TPSA) is 66.5 Å². The fraction of sp³-hybridized carbons (Fsp3) is 0.250. The molecule has 1 heterocycles. The fourth-order valence-electron chi connectivity index (χ4n) is 3.19. The number of carbonyl (C=O) groups excluding carboxylic acids is 1. The van der Waals surface area contributed by atoms with Crippen LogP contribution in [-0.4, -0.2) is 32.8 Å². The van der Waals surface area contributed by atoms with Gasteiger partial charge in [-0.3, -0.25) is 9.52 Å². The molecule has 2 aromatic carbocycles. The first-order chi connectivity index (χ1) is 13.1. The van der Waals surface area contributed by atoms with E-state index >= 15 is 0 Å². The number of hydrogen-bond donors (Lipinski definition) is 1. The van der Waals surface area contributed by atoms with Crippen LogP contribution in [0.15, 0.2) is 47.4 Å². The lowest BCUT2D eigenvalue weighted by molar-refractivity contribution is 0.0780. The van der Waals surface area contributed by atoms with E-state index in [-0.39, 0.29) is 22.8 Å². The summed E-state index contributed by atoms with van der Waals surface area (Å²) in [6.45, 7) is 5.72. The molecule has 0 saturated heterocycles. The van der Waals surface area contributed by atoms with Crippen molar-refractivity contribution in [1.29, 1.82) is 0 Å². The second kappa shape index (κ2) is 7.35. The average molecular weight is 406 g/mol. The maximum absolute atomic E-state index is 14.4. The molecular formula is C20H20F2N2O3S. The van der Waals surface area contributed by atoms with Gasteiger partial charge in [-0.05, 0) is 49.1 Å². The molecule has 0 saturated carbocycles. The number of fused-ring (bicyclic) bond motifs is 1. The fourth-order valence-corrected chi connectivity index (χ4v) is 4.54. The molecule has 0 bridgehead atoms. The molecule has 1 N–H and O–H groups in total. The first kappa shape index (κ1) is 20.0. The van der Waals surface area contributed by atoms with Gasteiger partial charge in [0.2, 0.25) is 0 Å². The third-order valence-electron chi connectivity index (χ3n) is 4.57. The number of carbonyl (C=O) groups is 1. The molecule has 3 rings (SSSR count). The Morgan fingerprint density at radius 1 is 1.25 bits per heavy atom. The minimum Gasteiger partial charge on any atom is -0.341 e. The van der Waals surface area contributed by atoms with Crippen molar-refractivity contribution in [3.05, 3.63) is 70.8 Å². The smallest absolute Gasteiger partial charge is 0.262 e. The Morgan fingerprint density at radius 3 is 2.64 bits per heavy atom. The third kappa shape index (κ3) is 3.77. The molecule has 2 aromatic rings. The van der Waals surface area contributed by atoms with Crippen molar-refractivity contribution >= 4 is 21.6 Å². The summed E-state index contributed by atoms with van der Waals surface area (Å²) < 4.78 is 56.4. The van der Waals surface area contributed by atoms with E-state index in [9.17, 15) is 22.0 Å². The van der Waals surface area contributed by atoms with E-state index in [0.29, 0.717) is 29.7 Å². The van der Waals surface area contributed by atoms with E-state index in [4.69, 9.17) is 0 Å². The molecule has 0 fully saturated rings. The van der Waals surface area contributed by atoms with Gasteiger partial charge >= 0.3 is 0 Å². The zero-order valence-corrected chi connectivity index (χ0v) is 16.4. The molecule has 1 aliphatic rings. The Labute approximate surface area is 162 Å². The molecule has 0 spiro atoms. The summed E-state index contributed by atoms with van der Waals surface area (Å²) in [6.07, 6.45) is 0.501. The van der Waals surface area contributed by atoms with E-state index < -0.39 is 27.3 Å². The van der Waals surface area contributed by atoms with Gasteiger partial charge in [-0.25, -0.2) is 17.2 Å². The number of hydrogen-bond acceptors (Lipinski definition) is 3. The Morgan fingerprint density at radius 2 is 1.96 bits per heavy atom. The van der Waals surface area contributed by atoms with Gasteiger partial charge in [0.05, 0.1) is 10.6 Å². The van der Waals surface area contributed by atoms with Gasteiger partial charge in [0.15, 0.2) is 0 Å². The number of nitrogens with one attached hydrogen (secondary N) is 1. The molecule has 1 aliphatic heterocycles. The molecule has 0 atom stereocenters. The zero-order valence-electron chi connectivity index (χ0n) is 15.6. The SMILES string of the molecule is C=C(C)Cc1cc(F)c(NS(=O)(=O)c2cccc3c2CCN(C)C3=O)cc1F. The summed E-state index contributed by atoms with van der Waals surface area (Å²) in [5.41, 5.74) is 0.925. The van der Waals surface area contributed by atoms with E-state index in [1.165, 1.54) is 17.0 Å². The van der Waals surface area contributed by atoms with Gasteiger partial charge < -0.3 is 4.90 Å². The van der Waals surface area contributed by atoms with Gasteiger partial charge in [-0.2, -0.15) is 0 Å². The predicted octanol–water partition coefficient (Wildman–Crippen LogP) is 3.51. The number of halogens is 2. The number of rotatable bonds is 5. The Bertz CT molecular complexity index is 1080. The zero-order chi connectivity index (χ0) is 20.6. The van der Waals surface area contributed by atoms with Crippen LogP contribution in [0, 0.1) is 11.6 Å². The second-order valence-electron chi connectivity index (χ2n) is 6.92. The molecule has 148 valence electrons. The monoisotopic (exact) mass is 406 g/mol. The average Bonchev–Trinajstić information content (AvgIpc) is 2.61. The highest BCUT2D eigenvalue weighted by Gasteiger charge is 2.29. The number of nitrogens with zero attached hydrogens (tertiary/aromatic N) is 1. The van der Waals surface area contributed by atoms with Crippen LogP contribution in [0.3, 0.4) is 0 Å². The van der Waals surface area contributed by atoms with Crippen LogP contribution in [0.25, 0.3) is 0 Å². The van der Waals surface area contributed by atoms with Gasteiger partial charge in [0, 0.05) is 25.2 Å². The maximum Gasteiger partial charge on any atom is 0.262 e. The number of likely N-dealkylation sites (N-methyl/N-ethyl adjacent to an activating group) is 1. The Hall–Kier alpha value is -2.74. The van der Waals surface area contributed by atoms with Crippen molar-refractivity contribution in [3.8, 4) is 0 Å². The number of amides is 1. The summed E-state index contributed by atoms with van der Waals surface area (Å²) in [7, 11) is -2.58. The van der Waals surface area contributed by atoms with Crippen LogP contribution in [0.1, 0.15) is 28.4 Å². The van der Waals surface area contributed by atoms with Crippen molar-refractivity contribution in [2.75, 3.05) is 18.3 Å². The molecule has 8 heteroatoms. The Kier molecular flexibility index (Phi) is 5.25. The molecule has 0 radical (unpaired) electrons. The molecular weight excluding hydrogens is 386 g/mol. The summed E-state index contributed by atoms with van der Waals surface area (Å²) in [5.74, 6) is -1.89. The minimum atomic E-state index is -4.22. The van der Waals surface area contributed by atoms with E-state index in [1.807, 2.05) is 0 Å². The molecule has 0 unspecified atom stereocenters. The van der Waals surface area contributed by atoms with Crippen molar-refractivity contribution in [3.63, 3.8) is 0 Å². The molecule has 0 aliphatic carbocycles. The van der Waals surface area contributed by atoms with Crippen LogP contribution in [0.5, 0.6) is 0 Å². The number of benzene rings is 2. The third-order valence-corrected chi connectivity index (χ3v) is 6.02. The van der Waals surface area contributed by atoms with Crippen molar-refractivity contribution in [1.82, 2.24) is 4.90 Å². The lowest BCUT2D eigenvalue weighted by Crippen LogP contribution is -2.35. The van der Waals surface area contributed by atoms with Gasteiger partial charge in [0.25, 0.3) is 15.9 Å². The van der Waals surface area contributed by atoms with Crippen molar-refractivity contribution in [2.45, 2.75) is 24.7 Å². The number of anilines is 1. The van der Waals surface area contributed by atoms with E-state index in [0.717, 1.165) is 12.1 Å². The van der Waals surface area contributed by atoms with Crippen LogP contribution in [0.2, 0.25) is 0 Å². The highest BCUT2D eigenvalue weighted by Crippen LogP contribution is 2.28. The minimum absolute atomic E-state index is 0.0960. The lowest BCUT2D eigenvalue weighted by Gasteiger charge is -2.26. The Balaban J connectivity index is 1.99. The van der Waals surface area contributed by atoms with Crippen LogP contribution >= 0.6 is 0 Å². The molecule has 5 nitrogen and oxygen atoms in total. The molecule has 28 heavy (non-hydrogen) atoms. The van der Waals surface area contributed by atoms with E-state index in [1.54, 1.807) is 20.0 Å².